The van der Waals surface area contributed by atoms with Gasteiger partial charge in [-0.1, -0.05) is 11.6 Å². The minimum Gasteiger partial charge on any atom is -0.467 e. The number of rotatable bonds is 4. The van der Waals surface area contributed by atoms with Gasteiger partial charge in [-0.25, -0.2) is 4.79 Å². The monoisotopic (exact) mass is 283 g/mol. The number of carbonyl (C=O) groups is 1. The normalized spacial score (nSPS) is 20.6. The predicted molar refractivity (Wildman–Crippen MR) is 74.4 cm³/mol. The van der Waals surface area contributed by atoms with E-state index in [2.05, 4.69) is 5.32 Å². The first-order chi connectivity index (χ1) is 9.20. The van der Waals surface area contributed by atoms with Crippen LogP contribution in [0.2, 0.25) is 5.02 Å². The molecule has 0 bridgehead atoms. The summed E-state index contributed by atoms with van der Waals surface area (Å²) >= 11 is 5.85. The summed E-state index contributed by atoms with van der Waals surface area (Å²) < 4.78 is 10.3. The first kappa shape index (κ1) is 14.2. The molecule has 1 saturated heterocycles. The summed E-state index contributed by atoms with van der Waals surface area (Å²) in [6.45, 7) is 1.35. The first-order valence-electron chi connectivity index (χ1n) is 6.38. The van der Waals surface area contributed by atoms with Crippen LogP contribution in [-0.4, -0.2) is 32.3 Å². The molecule has 1 aliphatic rings. The van der Waals surface area contributed by atoms with Crippen molar-refractivity contribution in [1.29, 1.82) is 0 Å². The van der Waals surface area contributed by atoms with Gasteiger partial charge in [-0.05, 0) is 37.1 Å². The van der Waals surface area contributed by atoms with E-state index < -0.39 is 0 Å². The summed E-state index contributed by atoms with van der Waals surface area (Å²) in [4.78, 5) is 11.9. The fourth-order valence-electron chi connectivity index (χ4n) is 2.25. The average Bonchev–Trinajstić information content (AvgIpc) is 2.47. The van der Waals surface area contributed by atoms with Crippen molar-refractivity contribution < 1.29 is 14.3 Å². The Bertz CT molecular complexity index is 415. The van der Waals surface area contributed by atoms with Crippen LogP contribution in [0.5, 0.6) is 0 Å². The van der Waals surface area contributed by atoms with Gasteiger partial charge in [0.1, 0.15) is 6.04 Å². The molecule has 0 aromatic heterocycles. The van der Waals surface area contributed by atoms with Crippen LogP contribution in [0.4, 0.5) is 5.69 Å². The fraction of sp³-hybridized carbons (Fsp3) is 0.500. The molecule has 5 heteroatoms. The van der Waals surface area contributed by atoms with Crippen LogP contribution in [0.1, 0.15) is 12.8 Å². The lowest BCUT2D eigenvalue weighted by Crippen LogP contribution is -2.41. The van der Waals surface area contributed by atoms with Gasteiger partial charge in [0.15, 0.2) is 0 Å². The van der Waals surface area contributed by atoms with Crippen molar-refractivity contribution in [3.8, 4) is 0 Å². The molecule has 19 heavy (non-hydrogen) atoms. The number of halogens is 1. The Morgan fingerprint density at radius 3 is 2.79 bits per heavy atom. The van der Waals surface area contributed by atoms with Crippen LogP contribution in [-0.2, 0) is 14.3 Å². The first-order valence-corrected chi connectivity index (χ1v) is 6.76. The van der Waals surface area contributed by atoms with Crippen LogP contribution in [0.3, 0.4) is 0 Å². The summed E-state index contributed by atoms with van der Waals surface area (Å²) in [7, 11) is 1.41. The molecule has 1 N–H and O–H groups in total. The molecule has 104 valence electrons. The van der Waals surface area contributed by atoms with Crippen LogP contribution < -0.4 is 5.32 Å². The largest absolute Gasteiger partial charge is 0.467 e. The molecular formula is C14H18ClNO3. The zero-order chi connectivity index (χ0) is 13.7. The quantitative estimate of drug-likeness (QED) is 0.863. The molecule has 0 radical (unpaired) electrons. The van der Waals surface area contributed by atoms with Gasteiger partial charge in [-0.2, -0.15) is 0 Å². The highest BCUT2D eigenvalue weighted by molar-refractivity contribution is 6.30. The number of anilines is 1. The summed E-state index contributed by atoms with van der Waals surface area (Å²) in [5.74, 6) is -0.123. The Kier molecular flexibility index (Phi) is 5.05. The molecule has 2 unspecified atom stereocenters. The zero-order valence-corrected chi connectivity index (χ0v) is 11.7. The van der Waals surface area contributed by atoms with E-state index in [1.54, 1.807) is 12.1 Å². The summed E-state index contributed by atoms with van der Waals surface area (Å²) in [6, 6.07) is 6.89. The average molecular weight is 284 g/mol. The predicted octanol–water partition coefficient (Wildman–Crippen LogP) is 2.72. The minimum atomic E-state index is -0.383. The summed E-state index contributed by atoms with van der Waals surface area (Å²) in [5.41, 5.74) is 0.852. The summed E-state index contributed by atoms with van der Waals surface area (Å²) in [5, 5.41) is 3.88. The molecule has 1 heterocycles. The molecule has 1 fully saturated rings. The third kappa shape index (κ3) is 3.85. The standard InChI is InChI=1S/C14H18ClNO3/c1-18-14(17)13(10-3-2-8-19-9-10)16-12-6-4-11(15)5-7-12/h4-7,10,13,16H,2-3,8-9H2,1H3. The highest BCUT2D eigenvalue weighted by Crippen LogP contribution is 2.22. The Morgan fingerprint density at radius 2 is 2.21 bits per heavy atom. The van der Waals surface area contributed by atoms with Crippen molar-refractivity contribution in [1.82, 2.24) is 0 Å². The van der Waals surface area contributed by atoms with Gasteiger partial charge in [-0.3, -0.25) is 0 Å². The lowest BCUT2D eigenvalue weighted by molar-refractivity contribution is -0.144. The SMILES string of the molecule is COC(=O)C(Nc1ccc(Cl)cc1)C1CCCOC1. The maximum atomic E-state index is 11.9. The van der Waals surface area contributed by atoms with Gasteiger partial charge >= 0.3 is 5.97 Å². The Labute approximate surface area is 118 Å². The van der Waals surface area contributed by atoms with E-state index in [1.165, 1.54) is 7.11 Å². The smallest absolute Gasteiger partial charge is 0.328 e. The van der Waals surface area contributed by atoms with Crippen LogP contribution in [0, 0.1) is 5.92 Å². The minimum absolute atomic E-state index is 0.136. The number of nitrogens with one attached hydrogen (secondary N) is 1. The maximum absolute atomic E-state index is 11.9. The second-order valence-electron chi connectivity index (χ2n) is 4.63. The van der Waals surface area contributed by atoms with E-state index in [9.17, 15) is 4.79 Å². The van der Waals surface area contributed by atoms with E-state index in [-0.39, 0.29) is 17.9 Å². The number of carbonyl (C=O) groups excluding carboxylic acids is 1. The lowest BCUT2D eigenvalue weighted by atomic mass is 9.93. The molecule has 0 amide bonds. The molecule has 1 aromatic rings. The summed E-state index contributed by atoms with van der Waals surface area (Å²) in [6.07, 6.45) is 1.93. The van der Waals surface area contributed by atoms with E-state index >= 15 is 0 Å². The molecule has 2 rings (SSSR count). The molecule has 4 nitrogen and oxygen atoms in total. The Balaban J connectivity index is 2.08. The molecule has 0 aliphatic carbocycles. The van der Waals surface area contributed by atoms with Gasteiger partial charge in [0.25, 0.3) is 0 Å². The van der Waals surface area contributed by atoms with E-state index in [0.717, 1.165) is 25.1 Å². The molecule has 0 saturated carbocycles. The number of ether oxygens (including phenoxy) is 2. The van der Waals surface area contributed by atoms with E-state index in [4.69, 9.17) is 21.1 Å². The van der Waals surface area contributed by atoms with Crippen molar-refractivity contribution >= 4 is 23.3 Å². The second-order valence-corrected chi connectivity index (χ2v) is 5.07. The van der Waals surface area contributed by atoms with Crippen molar-refractivity contribution in [3.63, 3.8) is 0 Å². The van der Waals surface area contributed by atoms with Gasteiger partial charge in [0.2, 0.25) is 0 Å². The number of hydrogen-bond donors (Lipinski definition) is 1. The maximum Gasteiger partial charge on any atom is 0.328 e. The fourth-order valence-corrected chi connectivity index (χ4v) is 2.38. The molecule has 1 aliphatic heterocycles. The zero-order valence-electron chi connectivity index (χ0n) is 10.9. The van der Waals surface area contributed by atoms with Gasteiger partial charge in [0, 0.05) is 23.2 Å². The van der Waals surface area contributed by atoms with Gasteiger partial charge < -0.3 is 14.8 Å². The third-order valence-electron chi connectivity index (χ3n) is 3.29. The van der Waals surface area contributed by atoms with Crippen LogP contribution >= 0.6 is 11.6 Å². The number of esters is 1. The van der Waals surface area contributed by atoms with Crippen LogP contribution in [0.25, 0.3) is 0 Å². The van der Waals surface area contributed by atoms with Crippen molar-refractivity contribution in [2.75, 3.05) is 25.6 Å². The molecule has 0 spiro atoms. The van der Waals surface area contributed by atoms with Crippen LogP contribution in [0.15, 0.2) is 24.3 Å². The number of hydrogen-bond acceptors (Lipinski definition) is 4. The van der Waals surface area contributed by atoms with Gasteiger partial charge in [0.05, 0.1) is 13.7 Å². The van der Waals surface area contributed by atoms with Crippen molar-refractivity contribution in [3.05, 3.63) is 29.3 Å². The number of methoxy groups -OCH3 is 1. The number of benzene rings is 1. The Hall–Kier alpha value is -1.26. The highest BCUT2D eigenvalue weighted by atomic mass is 35.5. The third-order valence-corrected chi connectivity index (χ3v) is 3.54. The van der Waals surface area contributed by atoms with Crippen molar-refractivity contribution in [2.45, 2.75) is 18.9 Å². The molecule has 1 aromatic carbocycles. The molecular weight excluding hydrogens is 266 g/mol. The van der Waals surface area contributed by atoms with Crippen molar-refractivity contribution in [2.24, 2.45) is 5.92 Å². The molecule has 2 atom stereocenters. The second kappa shape index (κ2) is 6.78. The Morgan fingerprint density at radius 1 is 1.47 bits per heavy atom. The topological polar surface area (TPSA) is 47.6 Å². The van der Waals surface area contributed by atoms with Gasteiger partial charge in [-0.15, -0.1) is 0 Å². The van der Waals surface area contributed by atoms with E-state index in [0.29, 0.717) is 11.6 Å². The lowest BCUT2D eigenvalue weighted by Gasteiger charge is -2.29. The highest BCUT2D eigenvalue weighted by Gasteiger charge is 2.30. The van der Waals surface area contributed by atoms with E-state index in [1.807, 2.05) is 12.1 Å².